The zero-order valence-corrected chi connectivity index (χ0v) is 21.8. The Morgan fingerprint density at radius 2 is 1.49 bits per heavy atom. The number of hydrogen-bond donors (Lipinski definition) is 0. The molecule has 4 aromatic rings. The molecule has 0 spiro atoms. The van der Waals surface area contributed by atoms with Gasteiger partial charge in [0.1, 0.15) is 12.4 Å². The number of benzene rings is 4. The van der Waals surface area contributed by atoms with Gasteiger partial charge in [0.05, 0.1) is 14.2 Å². The van der Waals surface area contributed by atoms with Crippen molar-refractivity contribution in [2.75, 3.05) is 20.8 Å². The van der Waals surface area contributed by atoms with Gasteiger partial charge in [-0.3, -0.25) is 4.79 Å². The second-order valence-corrected chi connectivity index (χ2v) is 9.03. The monoisotopic (exact) mass is 515 g/mol. The Balaban J connectivity index is 1.51. The molecule has 0 aliphatic heterocycles. The Morgan fingerprint density at radius 3 is 2.22 bits per heavy atom. The average molecular weight is 516 g/mol. The largest absolute Gasteiger partial charge is 0.493 e. The first kappa shape index (κ1) is 26.1. The molecule has 0 atom stereocenters. The molecule has 0 bridgehead atoms. The van der Waals surface area contributed by atoms with Gasteiger partial charge in [-0.25, -0.2) is 0 Å². The van der Waals surface area contributed by atoms with Crippen LogP contribution < -0.4 is 14.2 Å². The predicted octanol–water partition coefficient (Wildman–Crippen LogP) is 6.82. The van der Waals surface area contributed by atoms with Gasteiger partial charge < -0.3 is 19.1 Å². The Hall–Kier alpha value is -3.96. The van der Waals surface area contributed by atoms with Crippen LogP contribution in [0.4, 0.5) is 0 Å². The molecule has 4 rings (SSSR count). The van der Waals surface area contributed by atoms with Gasteiger partial charge in [-0.15, -0.1) is 0 Å². The van der Waals surface area contributed by atoms with Crippen molar-refractivity contribution in [1.82, 2.24) is 4.90 Å². The second kappa shape index (κ2) is 12.8. The first-order chi connectivity index (χ1) is 18.1. The summed E-state index contributed by atoms with van der Waals surface area (Å²) in [6.07, 6.45) is 0.657. The van der Waals surface area contributed by atoms with Gasteiger partial charge >= 0.3 is 0 Å². The third-order valence-corrected chi connectivity index (χ3v) is 6.27. The smallest absolute Gasteiger partial charge is 0.254 e. The number of halogens is 1. The molecule has 4 aromatic carbocycles. The van der Waals surface area contributed by atoms with Crippen molar-refractivity contribution in [2.24, 2.45) is 0 Å². The Kier molecular flexibility index (Phi) is 9.06. The molecule has 6 heteroatoms. The summed E-state index contributed by atoms with van der Waals surface area (Å²) in [5.74, 6) is 2.04. The zero-order chi connectivity index (χ0) is 26.0. The highest BCUT2D eigenvalue weighted by atomic mass is 35.5. The highest BCUT2D eigenvalue weighted by Gasteiger charge is 2.17. The maximum absolute atomic E-state index is 13.5. The van der Waals surface area contributed by atoms with Crippen LogP contribution in [0, 0.1) is 0 Å². The van der Waals surface area contributed by atoms with Crippen molar-refractivity contribution in [1.29, 1.82) is 0 Å². The highest BCUT2D eigenvalue weighted by Crippen LogP contribution is 2.28. The molecule has 0 saturated heterocycles. The molecule has 1 amide bonds. The molecule has 5 nitrogen and oxygen atoms in total. The van der Waals surface area contributed by atoms with E-state index in [-0.39, 0.29) is 5.91 Å². The van der Waals surface area contributed by atoms with Crippen LogP contribution in [-0.2, 0) is 19.6 Å². The van der Waals surface area contributed by atoms with Crippen LogP contribution >= 0.6 is 11.6 Å². The average Bonchev–Trinajstić information content (AvgIpc) is 2.94. The summed E-state index contributed by atoms with van der Waals surface area (Å²) >= 11 is 6.05. The topological polar surface area (TPSA) is 48.0 Å². The lowest BCUT2D eigenvalue weighted by Gasteiger charge is -2.24. The SMILES string of the molecule is COc1ccc(CCN(Cc2cccc(OCc3ccccc3)c2)C(=O)c2ccc(Cl)cc2)cc1OC. The van der Waals surface area contributed by atoms with Gasteiger partial charge in [0, 0.05) is 23.7 Å². The van der Waals surface area contributed by atoms with E-state index in [0.717, 1.165) is 22.4 Å². The van der Waals surface area contributed by atoms with Crippen molar-refractivity contribution >= 4 is 17.5 Å². The summed E-state index contributed by atoms with van der Waals surface area (Å²) in [4.78, 5) is 15.4. The first-order valence-corrected chi connectivity index (χ1v) is 12.4. The van der Waals surface area contributed by atoms with Crippen molar-refractivity contribution < 1.29 is 19.0 Å². The summed E-state index contributed by atoms with van der Waals surface area (Å²) in [5.41, 5.74) is 3.72. The van der Waals surface area contributed by atoms with Crippen LogP contribution in [0.3, 0.4) is 0 Å². The minimum atomic E-state index is -0.0623. The van der Waals surface area contributed by atoms with Gasteiger partial charge in [0.15, 0.2) is 11.5 Å². The lowest BCUT2D eigenvalue weighted by atomic mass is 10.1. The molecular formula is C31H30ClNO4. The third-order valence-electron chi connectivity index (χ3n) is 6.02. The molecular weight excluding hydrogens is 486 g/mol. The Bertz CT molecular complexity index is 1310. The van der Waals surface area contributed by atoms with Crippen molar-refractivity contribution in [3.8, 4) is 17.2 Å². The van der Waals surface area contributed by atoms with E-state index in [1.807, 2.05) is 77.7 Å². The summed E-state index contributed by atoms with van der Waals surface area (Å²) in [5, 5.41) is 0.594. The standard InChI is InChI=1S/C31H30ClNO4/c1-35-29-16-11-23(20-30(29)36-2)17-18-33(31(34)26-12-14-27(32)15-13-26)21-25-9-6-10-28(19-25)37-22-24-7-4-3-5-8-24/h3-16,19-20H,17-18,21-22H2,1-2H3. The third kappa shape index (κ3) is 7.28. The van der Waals surface area contributed by atoms with Gasteiger partial charge in [-0.1, -0.05) is 60.1 Å². The normalized spacial score (nSPS) is 10.6. The fraction of sp³-hybridized carbons (Fsp3) is 0.194. The Morgan fingerprint density at radius 1 is 0.757 bits per heavy atom. The van der Waals surface area contributed by atoms with E-state index >= 15 is 0 Å². The lowest BCUT2D eigenvalue weighted by Crippen LogP contribution is -2.32. The molecule has 0 aliphatic rings. The minimum absolute atomic E-state index is 0.0623. The van der Waals surface area contributed by atoms with Crippen LogP contribution in [0.15, 0.2) is 97.1 Å². The van der Waals surface area contributed by atoms with Gasteiger partial charge in [0.25, 0.3) is 5.91 Å². The Labute approximate surface area is 223 Å². The van der Waals surface area contributed by atoms with E-state index < -0.39 is 0 Å². The number of nitrogens with zero attached hydrogens (tertiary/aromatic N) is 1. The first-order valence-electron chi connectivity index (χ1n) is 12.1. The molecule has 0 unspecified atom stereocenters. The molecule has 0 heterocycles. The molecule has 0 radical (unpaired) electrons. The van der Waals surface area contributed by atoms with Crippen LogP contribution in [-0.4, -0.2) is 31.6 Å². The molecule has 0 aromatic heterocycles. The second-order valence-electron chi connectivity index (χ2n) is 8.59. The van der Waals surface area contributed by atoms with Gasteiger partial charge in [-0.05, 0) is 71.6 Å². The van der Waals surface area contributed by atoms with E-state index in [9.17, 15) is 4.79 Å². The predicted molar refractivity (Wildman–Crippen MR) is 147 cm³/mol. The molecule has 0 saturated carbocycles. The molecule has 0 aliphatic carbocycles. The highest BCUT2D eigenvalue weighted by molar-refractivity contribution is 6.30. The number of methoxy groups -OCH3 is 2. The van der Waals surface area contributed by atoms with Crippen molar-refractivity contribution in [3.63, 3.8) is 0 Å². The summed E-state index contributed by atoms with van der Waals surface area (Å²) < 4.78 is 16.8. The minimum Gasteiger partial charge on any atom is -0.493 e. The number of rotatable bonds is 11. The van der Waals surface area contributed by atoms with Crippen LogP contribution in [0.2, 0.25) is 5.02 Å². The van der Waals surface area contributed by atoms with Crippen LogP contribution in [0.1, 0.15) is 27.0 Å². The van der Waals surface area contributed by atoms with Crippen LogP contribution in [0.5, 0.6) is 17.2 Å². The summed E-state index contributed by atoms with van der Waals surface area (Å²) in [6, 6.07) is 30.7. The van der Waals surface area contributed by atoms with E-state index in [1.54, 1.807) is 38.5 Å². The summed E-state index contributed by atoms with van der Waals surface area (Å²) in [7, 11) is 3.23. The number of carbonyl (C=O) groups excluding carboxylic acids is 1. The quantitative estimate of drug-likeness (QED) is 0.220. The fourth-order valence-electron chi connectivity index (χ4n) is 4.02. The molecule has 190 valence electrons. The number of carbonyl (C=O) groups is 1. The van der Waals surface area contributed by atoms with Gasteiger partial charge in [0.2, 0.25) is 0 Å². The van der Waals surface area contributed by atoms with E-state index in [0.29, 0.717) is 48.2 Å². The maximum atomic E-state index is 13.5. The molecule has 0 N–H and O–H groups in total. The van der Waals surface area contributed by atoms with Crippen molar-refractivity contribution in [3.05, 3.63) is 124 Å². The lowest BCUT2D eigenvalue weighted by molar-refractivity contribution is 0.0745. The van der Waals surface area contributed by atoms with E-state index in [4.69, 9.17) is 25.8 Å². The van der Waals surface area contributed by atoms with E-state index in [2.05, 4.69) is 0 Å². The zero-order valence-electron chi connectivity index (χ0n) is 21.0. The van der Waals surface area contributed by atoms with Crippen LogP contribution in [0.25, 0.3) is 0 Å². The molecule has 37 heavy (non-hydrogen) atoms. The van der Waals surface area contributed by atoms with E-state index in [1.165, 1.54) is 0 Å². The number of hydrogen-bond acceptors (Lipinski definition) is 4. The number of amides is 1. The summed E-state index contributed by atoms with van der Waals surface area (Å²) in [6.45, 7) is 1.44. The maximum Gasteiger partial charge on any atom is 0.254 e. The number of ether oxygens (including phenoxy) is 3. The fourth-order valence-corrected chi connectivity index (χ4v) is 4.15. The molecule has 0 fully saturated rings. The van der Waals surface area contributed by atoms with Crippen molar-refractivity contribution in [2.45, 2.75) is 19.6 Å². The van der Waals surface area contributed by atoms with Gasteiger partial charge in [-0.2, -0.15) is 0 Å².